The number of rotatable bonds is 4. The fourth-order valence-electron chi connectivity index (χ4n) is 2.25. The Morgan fingerprint density at radius 1 is 1.59 bits per heavy atom. The van der Waals surface area contributed by atoms with Crippen LogP contribution < -0.4 is 15.0 Å². The monoisotopic (exact) mass is 236 g/mol. The van der Waals surface area contributed by atoms with Gasteiger partial charge in [0.05, 0.1) is 7.11 Å². The van der Waals surface area contributed by atoms with Crippen LogP contribution in [0, 0.1) is 0 Å². The Hall–Kier alpha value is -1.36. The minimum absolute atomic E-state index is 0.487. The van der Waals surface area contributed by atoms with Gasteiger partial charge in [0, 0.05) is 31.4 Å². The Labute approximate surface area is 102 Å². The molecule has 5 heteroatoms. The van der Waals surface area contributed by atoms with Crippen LogP contribution >= 0.6 is 0 Å². The molecule has 1 N–H and O–H groups in total. The molecule has 1 saturated heterocycles. The Balaban J connectivity index is 2.15. The lowest BCUT2D eigenvalue weighted by atomic mass is 10.1. The van der Waals surface area contributed by atoms with E-state index in [2.05, 4.69) is 27.1 Å². The second-order valence-electron chi connectivity index (χ2n) is 4.19. The van der Waals surface area contributed by atoms with E-state index in [0.29, 0.717) is 11.9 Å². The smallest absolute Gasteiger partial charge is 0.228 e. The number of ether oxygens (including phenoxy) is 1. The van der Waals surface area contributed by atoms with Gasteiger partial charge in [-0.2, -0.15) is 4.98 Å². The number of nitrogens with one attached hydrogen (secondary N) is 1. The van der Waals surface area contributed by atoms with Crippen LogP contribution in [0.25, 0.3) is 0 Å². The van der Waals surface area contributed by atoms with Gasteiger partial charge >= 0.3 is 0 Å². The molecular weight excluding hydrogens is 216 g/mol. The molecule has 1 aliphatic rings. The fourth-order valence-corrected chi connectivity index (χ4v) is 2.25. The average molecular weight is 236 g/mol. The number of anilines is 1. The highest BCUT2D eigenvalue weighted by molar-refractivity contribution is 5.33. The van der Waals surface area contributed by atoms with E-state index < -0.39 is 0 Å². The standard InChI is InChI=1S/C12H20N4O/c1-3-16(10-5-4-7-13-9-10)12-14-8-6-11(15-12)17-2/h6,8,10,13H,3-5,7,9H2,1-2H3. The maximum absolute atomic E-state index is 5.14. The Kier molecular flexibility index (Phi) is 4.14. The van der Waals surface area contributed by atoms with Gasteiger partial charge in [0.15, 0.2) is 0 Å². The van der Waals surface area contributed by atoms with E-state index in [1.807, 2.05) is 0 Å². The molecular formula is C12H20N4O. The van der Waals surface area contributed by atoms with Gasteiger partial charge in [-0.3, -0.25) is 0 Å². The second kappa shape index (κ2) is 5.82. The van der Waals surface area contributed by atoms with E-state index in [-0.39, 0.29) is 0 Å². The Morgan fingerprint density at radius 2 is 2.47 bits per heavy atom. The summed E-state index contributed by atoms with van der Waals surface area (Å²) in [7, 11) is 1.63. The predicted octanol–water partition coefficient (Wildman–Crippen LogP) is 1.06. The summed E-state index contributed by atoms with van der Waals surface area (Å²) in [4.78, 5) is 11.0. The first-order chi connectivity index (χ1) is 8.35. The van der Waals surface area contributed by atoms with Crippen LogP contribution in [-0.2, 0) is 0 Å². The van der Waals surface area contributed by atoms with Gasteiger partial charge in [0.25, 0.3) is 0 Å². The molecule has 5 nitrogen and oxygen atoms in total. The second-order valence-corrected chi connectivity index (χ2v) is 4.19. The molecule has 2 rings (SSSR count). The summed E-state index contributed by atoms with van der Waals surface area (Å²) < 4.78 is 5.14. The van der Waals surface area contributed by atoms with Crippen LogP contribution in [0.3, 0.4) is 0 Å². The molecule has 17 heavy (non-hydrogen) atoms. The fraction of sp³-hybridized carbons (Fsp3) is 0.667. The first-order valence-corrected chi connectivity index (χ1v) is 6.19. The highest BCUT2D eigenvalue weighted by Gasteiger charge is 2.21. The van der Waals surface area contributed by atoms with Gasteiger partial charge in [0.2, 0.25) is 11.8 Å². The molecule has 0 bridgehead atoms. The number of methoxy groups -OCH3 is 1. The van der Waals surface area contributed by atoms with Crippen molar-refractivity contribution >= 4 is 5.95 Å². The highest BCUT2D eigenvalue weighted by Crippen LogP contribution is 2.18. The lowest BCUT2D eigenvalue weighted by molar-refractivity contribution is 0.393. The minimum atomic E-state index is 0.487. The topological polar surface area (TPSA) is 50.3 Å². The summed E-state index contributed by atoms with van der Waals surface area (Å²) in [5, 5.41) is 3.42. The molecule has 0 spiro atoms. The largest absolute Gasteiger partial charge is 0.481 e. The molecule has 1 unspecified atom stereocenters. The summed E-state index contributed by atoms with van der Waals surface area (Å²) in [6.45, 7) is 5.18. The van der Waals surface area contributed by atoms with Crippen molar-refractivity contribution in [1.82, 2.24) is 15.3 Å². The SMILES string of the molecule is CCN(c1nccc(OC)n1)C1CCCNC1. The van der Waals surface area contributed by atoms with E-state index in [9.17, 15) is 0 Å². The van der Waals surface area contributed by atoms with Gasteiger partial charge in [-0.15, -0.1) is 0 Å². The van der Waals surface area contributed by atoms with Crippen molar-refractivity contribution in [1.29, 1.82) is 0 Å². The van der Waals surface area contributed by atoms with Crippen LogP contribution in [0.5, 0.6) is 5.88 Å². The molecule has 0 aliphatic carbocycles. The highest BCUT2D eigenvalue weighted by atomic mass is 16.5. The number of nitrogens with zero attached hydrogens (tertiary/aromatic N) is 3. The van der Waals surface area contributed by atoms with Crippen molar-refractivity contribution in [3.8, 4) is 5.88 Å². The zero-order valence-electron chi connectivity index (χ0n) is 10.5. The molecule has 0 radical (unpaired) electrons. The van der Waals surface area contributed by atoms with Crippen molar-refractivity contribution in [3.63, 3.8) is 0 Å². The van der Waals surface area contributed by atoms with Crippen molar-refractivity contribution in [3.05, 3.63) is 12.3 Å². The zero-order chi connectivity index (χ0) is 12.1. The molecule has 94 valence electrons. The lowest BCUT2D eigenvalue weighted by Gasteiger charge is -2.33. The summed E-state index contributed by atoms with van der Waals surface area (Å²) in [5.41, 5.74) is 0. The molecule has 2 heterocycles. The Morgan fingerprint density at radius 3 is 3.12 bits per heavy atom. The molecule has 1 fully saturated rings. The van der Waals surface area contributed by atoms with E-state index in [1.165, 1.54) is 12.8 Å². The third-order valence-electron chi connectivity index (χ3n) is 3.14. The number of aromatic nitrogens is 2. The Bertz CT molecular complexity index is 352. The molecule has 0 saturated carbocycles. The van der Waals surface area contributed by atoms with E-state index in [4.69, 9.17) is 4.74 Å². The van der Waals surface area contributed by atoms with Gasteiger partial charge in [-0.05, 0) is 26.3 Å². The third kappa shape index (κ3) is 2.85. The van der Waals surface area contributed by atoms with Crippen LogP contribution in [-0.4, -0.2) is 42.8 Å². The normalized spacial score (nSPS) is 20.0. The molecule has 1 atom stereocenters. The molecule has 1 aromatic heterocycles. The zero-order valence-corrected chi connectivity index (χ0v) is 10.5. The van der Waals surface area contributed by atoms with E-state index in [0.717, 1.165) is 25.6 Å². The first kappa shape index (κ1) is 12.1. The van der Waals surface area contributed by atoms with Crippen LogP contribution in [0.4, 0.5) is 5.95 Å². The summed E-state index contributed by atoms with van der Waals surface area (Å²) in [5.74, 6) is 1.39. The summed E-state index contributed by atoms with van der Waals surface area (Å²) >= 11 is 0. The molecule has 1 aliphatic heterocycles. The maximum Gasteiger partial charge on any atom is 0.228 e. The number of likely N-dealkylation sites (N-methyl/N-ethyl adjacent to an activating group) is 1. The summed E-state index contributed by atoms with van der Waals surface area (Å²) in [6.07, 6.45) is 4.16. The average Bonchev–Trinajstić information content (AvgIpc) is 2.41. The number of hydrogen-bond acceptors (Lipinski definition) is 5. The first-order valence-electron chi connectivity index (χ1n) is 6.19. The van der Waals surface area contributed by atoms with Crippen molar-refractivity contribution in [2.75, 3.05) is 31.6 Å². The van der Waals surface area contributed by atoms with Gasteiger partial charge in [0.1, 0.15) is 0 Å². The minimum Gasteiger partial charge on any atom is -0.481 e. The molecule has 0 amide bonds. The molecule has 0 aromatic carbocycles. The van der Waals surface area contributed by atoms with Gasteiger partial charge in [-0.25, -0.2) is 4.98 Å². The van der Waals surface area contributed by atoms with Crippen LogP contribution in [0.2, 0.25) is 0 Å². The lowest BCUT2D eigenvalue weighted by Crippen LogP contribution is -2.46. The predicted molar refractivity (Wildman–Crippen MR) is 67.5 cm³/mol. The van der Waals surface area contributed by atoms with Crippen molar-refractivity contribution in [2.45, 2.75) is 25.8 Å². The van der Waals surface area contributed by atoms with E-state index >= 15 is 0 Å². The van der Waals surface area contributed by atoms with Crippen molar-refractivity contribution in [2.24, 2.45) is 0 Å². The molecule has 1 aromatic rings. The summed E-state index contributed by atoms with van der Waals surface area (Å²) in [6, 6.07) is 2.26. The number of hydrogen-bond donors (Lipinski definition) is 1. The van der Waals surface area contributed by atoms with Gasteiger partial charge < -0.3 is 15.0 Å². The van der Waals surface area contributed by atoms with Crippen LogP contribution in [0.15, 0.2) is 12.3 Å². The van der Waals surface area contributed by atoms with Crippen LogP contribution in [0.1, 0.15) is 19.8 Å². The van der Waals surface area contributed by atoms with Crippen molar-refractivity contribution < 1.29 is 4.74 Å². The number of piperidine rings is 1. The third-order valence-corrected chi connectivity index (χ3v) is 3.14. The van der Waals surface area contributed by atoms with E-state index in [1.54, 1.807) is 19.4 Å². The van der Waals surface area contributed by atoms with Gasteiger partial charge in [-0.1, -0.05) is 0 Å². The quantitative estimate of drug-likeness (QED) is 0.847. The maximum atomic E-state index is 5.14.